The number of nitrogens with one attached hydrogen (secondary N) is 1. The minimum atomic E-state index is -0.201. The number of benzene rings is 1. The van der Waals surface area contributed by atoms with Crippen LogP contribution >= 0.6 is 0 Å². The fraction of sp³-hybridized carbons (Fsp3) is 0.579. The van der Waals surface area contributed by atoms with Crippen molar-refractivity contribution in [2.24, 2.45) is 0 Å². The number of amides is 3. The van der Waals surface area contributed by atoms with Crippen molar-refractivity contribution in [3.05, 3.63) is 29.3 Å². The van der Waals surface area contributed by atoms with Gasteiger partial charge in [-0.2, -0.15) is 0 Å². The first-order valence-electron chi connectivity index (χ1n) is 9.19. The summed E-state index contributed by atoms with van der Waals surface area (Å²) in [5, 5.41) is 12.4. The van der Waals surface area contributed by atoms with Crippen LogP contribution < -0.4 is 5.32 Å². The molecule has 6 nitrogen and oxygen atoms in total. The Morgan fingerprint density at radius 1 is 1.16 bits per heavy atom. The quantitative estimate of drug-likeness (QED) is 0.884. The number of carbonyl (C=O) groups is 2. The molecular weight excluding hydrogens is 318 g/mol. The monoisotopic (exact) mass is 345 g/mol. The third-order valence-electron chi connectivity index (χ3n) is 5.30. The Labute approximate surface area is 148 Å². The number of aliphatic hydroxyl groups excluding tert-OH is 1. The summed E-state index contributed by atoms with van der Waals surface area (Å²) < 4.78 is 0. The number of piperidine rings is 1. The average Bonchev–Trinajstić information content (AvgIpc) is 3.17. The second-order valence-electron chi connectivity index (χ2n) is 6.93. The molecule has 0 aliphatic carbocycles. The Hall–Kier alpha value is -2.08. The van der Waals surface area contributed by atoms with Gasteiger partial charge in [0.2, 0.25) is 0 Å². The summed E-state index contributed by atoms with van der Waals surface area (Å²) in [6, 6.07) is 5.14. The second kappa shape index (κ2) is 7.87. The molecule has 136 valence electrons. The Morgan fingerprint density at radius 2 is 1.88 bits per heavy atom. The van der Waals surface area contributed by atoms with Gasteiger partial charge in [-0.25, -0.2) is 4.79 Å². The maximum absolute atomic E-state index is 12.7. The van der Waals surface area contributed by atoms with Crippen molar-refractivity contribution in [1.29, 1.82) is 0 Å². The lowest BCUT2D eigenvalue weighted by molar-refractivity contribution is 0.0792. The average molecular weight is 345 g/mol. The Bertz CT molecular complexity index is 641. The maximum atomic E-state index is 12.7. The van der Waals surface area contributed by atoms with Gasteiger partial charge in [-0.15, -0.1) is 0 Å². The molecule has 2 aliphatic rings. The summed E-state index contributed by atoms with van der Waals surface area (Å²) in [4.78, 5) is 28.9. The third-order valence-corrected chi connectivity index (χ3v) is 5.30. The van der Waals surface area contributed by atoms with Gasteiger partial charge in [-0.05, 0) is 56.7 Å². The first-order valence-corrected chi connectivity index (χ1v) is 9.19. The van der Waals surface area contributed by atoms with Gasteiger partial charge in [0.15, 0.2) is 0 Å². The van der Waals surface area contributed by atoms with Gasteiger partial charge in [0.25, 0.3) is 5.91 Å². The largest absolute Gasteiger partial charge is 0.394 e. The summed E-state index contributed by atoms with van der Waals surface area (Å²) in [6.45, 7) is 4.13. The minimum Gasteiger partial charge on any atom is -0.394 e. The molecule has 1 atom stereocenters. The molecule has 2 N–H and O–H groups in total. The number of anilines is 1. The Kier molecular flexibility index (Phi) is 5.58. The zero-order valence-corrected chi connectivity index (χ0v) is 14.8. The smallest absolute Gasteiger partial charge is 0.322 e. The van der Waals surface area contributed by atoms with Gasteiger partial charge in [0.05, 0.1) is 12.6 Å². The van der Waals surface area contributed by atoms with E-state index in [9.17, 15) is 14.7 Å². The van der Waals surface area contributed by atoms with Gasteiger partial charge >= 0.3 is 6.03 Å². The van der Waals surface area contributed by atoms with Crippen LogP contribution in [0, 0.1) is 6.92 Å². The van der Waals surface area contributed by atoms with Gasteiger partial charge in [0, 0.05) is 30.9 Å². The normalized spacial score (nSPS) is 20.6. The van der Waals surface area contributed by atoms with Gasteiger partial charge in [-0.1, -0.05) is 6.07 Å². The molecule has 0 saturated carbocycles. The first-order chi connectivity index (χ1) is 12.1. The number of hydrogen-bond acceptors (Lipinski definition) is 3. The van der Waals surface area contributed by atoms with E-state index in [1.807, 2.05) is 30.0 Å². The van der Waals surface area contributed by atoms with E-state index in [1.54, 1.807) is 4.90 Å². The molecule has 0 bridgehead atoms. The summed E-state index contributed by atoms with van der Waals surface area (Å²) >= 11 is 0. The maximum Gasteiger partial charge on any atom is 0.322 e. The number of carbonyl (C=O) groups excluding carboxylic acids is 2. The number of hydrogen-bond donors (Lipinski definition) is 2. The topological polar surface area (TPSA) is 72.9 Å². The second-order valence-corrected chi connectivity index (χ2v) is 6.93. The highest BCUT2D eigenvalue weighted by Crippen LogP contribution is 2.24. The SMILES string of the molecule is Cc1c(NC(=O)N2CCCC[C@@H]2CO)cccc1C(=O)N1CCCC1. The van der Waals surface area contributed by atoms with Crippen molar-refractivity contribution in [2.45, 2.75) is 45.1 Å². The van der Waals surface area contributed by atoms with Crippen molar-refractivity contribution < 1.29 is 14.7 Å². The van der Waals surface area contributed by atoms with Crippen LogP contribution in [0.15, 0.2) is 18.2 Å². The van der Waals surface area contributed by atoms with Crippen LogP contribution in [0.25, 0.3) is 0 Å². The van der Waals surface area contributed by atoms with Crippen LogP contribution in [0.5, 0.6) is 0 Å². The van der Waals surface area contributed by atoms with Crippen LogP contribution in [0.3, 0.4) is 0 Å². The van der Waals surface area contributed by atoms with E-state index in [-0.39, 0.29) is 24.6 Å². The number of likely N-dealkylation sites (tertiary alicyclic amines) is 2. The molecule has 3 amide bonds. The standard InChI is InChI=1S/C19H27N3O3/c1-14-16(18(24)21-10-4-5-11-21)8-6-9-17(14)20-19(25)22-12-3-2-7-15(22)13-23/h6,8-9,15,23H,2-5,7,10-13H2,1H3,(H,20,25)/t15-/m1/s1. The van der Waals surface area contributed by atoms with E-state index in [1.165, 1.54) is 0 Å². The van der Waals surface area contributed by atoms with E-state index in [4.69, 9.17) is 0 Å². The van der Waals surface area contributed by atoms with Crippen molar-refractivity contribution >= 4 is 17.6 Å². The highest BCUT2D eigenvalue weighted by molar-refractivity contribution is 5.99. The van der Waals surface area contributed by atoms with Crippen molar-refractivity contribution in [1.82, 2.24) is 9.80 Å². The highest BCUT2D eigenvalue weighted by atomic mass is 16.3. The zero-order chi connectivity index (χ0) is 17.8. The fourth-order valence-electron chi connectivity index (χ4n) is 3.74. The molecule has 3 rings (SSSR count). The molecule has 6 heteroatoms. The molecule has 0 spiro atoms. The third kappa shape index (κ3) is 3.79. The lowest BCUT2D eigenvalue weighted by Crippen LogP contribution is -2.47. The number of nitrogens with zero attached hydrogens (tertiary/aromatic N) is 2. The van der Waals surface area contributed by atoms with Gasteiger partial charge in [0.1, 0.15) is 0 Å². The van der Waals surface area contributed by atoms with Crippen molar-refractivity contribution in [3.8, 4) is 0 Å². The highest BCUT2D eigenvalue weighted by Gasteiger charge is 2.27. The summed E-state index contributed by atoms with van der Waals surface area (Å²) in [5.74, 6) is 0.0392. The van der Waals surface area contributed by atoms with E-state index in [0.717, 1.165) is 50.8 Å². The molecule has 0 aromatic heterocycles. The lowest BCUT2D eigenvalue weighted by atomic mass is 10.0. The van der Waals surface area contributed by atoms with Crippen LogP contribution in [-0.4, -0.2) is 59.1 Å². The van der Waals surface area contributed by atoms with Crippen molar-refractivity contribution in [3.63, 3.8) is 0 Å². The number of rotatable bonds is 3. The van der Waals surface area contributed by atoms with E-state index < -0.39 is 0 Å². The molecule has 0 radical (unpaired) electrons. The summed E-state index contributed by atoms with van der Waals surface area (Å²) in [5.41, 5.74) is 2.11. The molecule has 2 saturated heterocycles. The molecule has 1 aromatic carbocycles. The predicted molar refractivity (Wildman–Crippen MR) is 96.8 cm³/mol. The minimum absolute atomic E-state index is 0.0140. The van der Waals surface area contributed by atoms with Crippen LogP contribution in [0.4, 0.5) is 10.5 Å². The predicted octanol–water partition coefficient (Wildman–Crippen LogP) is 2.61. The molecule has 0 unspecified atom stereocenters. The summed E-state index contributed by atoms with van der Waals surface area (Å²) in [6.07, 6.45) is 4.93. The molecular formula is C19H27N3O3. The van der Waals surface area contributed by atoms with Crippen LogP contribution in [0.2, 0.25) is 0 Å². The summed E-state index contributed by atoms with van der Waals surface area (Å²) in [7, 11) is 0. The van der Waals surface area contributed by atoms with E-state index in [2.05, 4.69) is 5.32 Å². The van der Waals surface area contributed by atoms with Gasteiger partial charge in [-0.3, -0.25) is 4.79 Å². The fourth-order valence-corrected chi connectivity index (χ4v) is 3.74. The van der Waals surface area contributed by atoms with Crippen molar-refractivity contribution in [2.75, 3.05) is 31.6 Å². The van der Waals surface area contributed by atoms with E-state index in [0.29, 0.717) is 17.8 Å². The molecule has 1 aromatic rings. The molecule has 2 fully saturated rings. The Balaban J connectivity index is 1.75. The number of urea groups is 1. The van der Waals surface area contributed by atoms with Crippen LogP contribution in [-0.2, 0) is 0 Å². The van der Waals surface area contributed by atoms with Gasteiger partial charge < -0.3 is 20.2 Å². The Morgan fingerprint density at radius 3 is 2.60 bits per heavy atom. The first kappa shape index (κ1) is 17.7. The van der Waals surface area contributed by atoms with Crippen LogP contribution in [0.1, 0.15) is 48.0 Å². The zero-order valence-electron chi connectivity index (χ0n) is 14.8. The van der Waals surface area contributed by atoms with E-state index >= 15 is 0 Å². The number of aliphatic hydroxyl groups is 1. The molecule has 2 heterocycles. The molecule has 2 aliphatic heterocycles. The molecule has 25 heavy (non-hydrogen) atoms. The lowest BCUT2D eigenvalue weighted by Gasteiger charge is -2.34.